The molecule has 0 saturated carbocycles. The van der Waals surface area contributed by atoms with Crippen molar-refractivity contribution >= 4 is 16.9 Å². The average Bonchev–Trinajstić information content (AvgIpc) is 3.10. The Bertz CT molecular complexity index is 1020. The Labute approximate surface area is 172 Å². The third-order valence-electron chi connectivity index (χ3n) is 6.01. The molecule has 1 fully saturated rings. The minimum absolute atomic E-state index is 0.0756. The molecule has 0 aliphatic carbocycles. The van der Waals surface area contributed by atoms with Crippen LogP contribution in [0.25, 0.3) is 11.0 Å². The Balaban J connectivity index is 1.41. The molecule has 1 amide bonds. The number of aryl methyl sites for hydroxylation is 2. The topological polar surface area (TPSA) is 47.4 Å². The van der Waals surface area contributed by atoms with Gasteiger partial charge in [-0.15, -0.1) is 0 Å². The number of carbonyl (C=O) groups is 1. The number of hydrogen-bond donors (Lipinski definition) is 0. The van der Waals surface area contributed by atoms with E-state index in [1.165, 1.54) is 16.6 Å². The molecule has 1 aliphatic rings. The molecule has 0 spiro atoms. The molecule has 0 radical (unpaired) electrons. The number of aromatic nitrogens is 2. The number of para-hydroxylation sites is 1. The smallest absolute Gasteiger partial charge is 0.257 e. The lowest BCUT2D eigenvalue weighted by Crippen LogP contribution is -2.39. The molecule has 1 aromatic heterocycles. The maximum Gasteiger partial charge on any atom is 0.257 e. The van der Waals surface area contributed by atoms with Crippen molar-refractivity contribution in [3.8, 4) is 5.75 Å². The Morgan fingerprint density at radius 3 is 2.62 bits per heavy atom. The molecule has 0 bridgehead atoms. The van der Waals surface area contributed by atoms with Gasteiger partial charge in [-0.2, -0.15) is 0 Å². The van der Waals surface area contributed by atoms with Gasteiger partial charge in [0.15, 0.2) is 0 Å². The van der Waals surface area contributed by atoms with Crippen LogP contribution >= 0.6 is 0 Å². The first kappa shape index (κ1) is 19.5. The molecular formula is C24H29N3O2. The maximum atomic E-state index is 13.0. The standard InChI is InChI=1S/C24H29N3O2/c1-4-29-23-8-6-5-7-20(23)24(28)26-11-9-19(10-12-26)15-27-16-25-21-13-17(2)18(3)14-22(21)27/h5-8,13-14,16,19H,4,9-12,15H2,1-3H3. The first-order valence-corrected chi connectivity index (χ1v) is 10.5. The number of amides is 1. The molecule has 5 heteroatoms. The van der Waals surface area contributed by atoms with Crippen molar-refractivity contribution in [1.82, 2.24) is 14.5 Å². The van der Waals surface area contributed by atoms with Gasteiger partial charge in [-0.05, 0) is 74.9 Å². The SMILES string of the molecule is CCOc1ccccc1C(=O)N1CCC(Cn2cnc3cc(C)c(C)cc32)CC1. The van der Waals surface area contributed by atoms with Gasteiger partial charge in [0.2, 0.25) is 0 Å². The van der Waals surface area contributed by atoms with Crippen LogP contribution in [0.2, 0.25) is 0 Å². The Hall–Kier alpha value is -2.82. The van der Waals surface area contributed by atoms with E-state index in [0.717, 1.165) is 38.0 Å². The Morgan fingerprint density at radius 1 is 1.14 bits per heavy atom. The highest BCUT2D eigenvalue weighted by molar-refractivity contribution is 5.97. The largest absolute Gasteiger partial charge is 0.493 e. The zero-order chi connectivity index (χ0) is 20.4. The number of piperidine rings is 1. The Kier molecular flexibility index (Phi) is 5.56. The minimum Gasteiger partial charge on any atom is -0.493 e. The molecule has 1 aliphatic heterocycles. The van der Waals surface area contributed by atoms with E-state index in [4.69, 9.17) is 4.74 Å². The molecule has 4 rings (SSSR count). The summed E-state index contributed by atoms with van der Waals surface area (Å²) >= 11 is 0. The summed E-state index contributed by atoms with van der Waals surface area (Å²) in [6, 6.07) is 11.9. The number of hydrogen-bond acceptors (Lipinski definition) is 3. The summed E-state index contributed by atoms with van der Waals surface area (Å²) in [5, 5.41) is 0. The van der Waals surface area contributed by atoms with Crippen LogP contribution in [-0.2, 0) is 6.54 Å². The fourth-order valence-electron chi connectivity index (χ4n) is 4.15. The second-order valence-electron chi connectivity index (χ2n) is 7.99. The molecule has 152 valence electrons. The third-order valence-corrected chi connectivity index (χ3v) is 6.01. The van der Waals surface area contributed by atoms with Gasteiger partial charge in [0, 0.05) is 19.6 Å². The highest BCUT2D eigenvalue weighted by atomic mass is 16.5. The van der Waals surface area contributed by atoms with E-state index in [9.17, 15) is 4.79 Å². The van der Waals surface area contributed by atoms with Gasteiger partial charge >= 0.3 is 0 Å². The number of rotatable bonds is 5. The number of likely N-dealkylation sites (tertiary alicyclic amines) is 1. The number of carbonyl (C=O) groups excluding carboxylic acids is 1. The van der Waals surface area contributed by atoms with Crippen LogP contribution in [0, 0.1) is 19.8 Å². The van der Waals surface area contributed by atoms with Crippen molar-refractivity contribution in [3.63, 3.8) is 0 Å². The zero-order valence-electron chi connectivity index (χ0n) is 17.5. The number of benzene rings is 2. The monoisotopic (exact) mass is 391 g/mol. The van der Waals surface area contributed by atoms with Crippen LogP contribution in [0.15, 0.2) is 42.7 Å². The van der Waals surface area contributed by atoms with Gasteiger partial charge in [0.05, 0.1) is 29.5 Å². The summed E-state index contributed by atoms with van der Waals surface area (Å²) in [7, 11) is 0. The zero-order valence-corrected chi connectivity index (χ0v) is 17.5. The van der Waals surface area contributed by atoms with E-state index in [1.807, 2.05) is 42.4 Å². The summed E-state index contributed by atoms with van der Waals surface area (Å²) in [5.41, 5.74) is 5.51. The second kappa shape index (κ2) is 8.27. The molecule has 2 heterocycles. The molecule has 2 aromatic carbocycles. The fourth-order valence-corrected chi connectivity index (χ4v) is 4.15. The molecule has 0 unspecified atom stereocenters. The van der Waals surface area contributed by atoms with Gasteiger partial charge in [-0.25, -0.2) is 4.98 Å². The van der Waals surface area contributed by atoms with Crippen molar-refractivity contribution in [2.75, 3.05) is 19.7 Å². The summed E-state index contributed by atoms with van der Waals surface area (Å²) in [4.78, 5) is 19.5. The van der Waals surface area contributed by atoms with Crippen LogP contribution < -0.4 is 4.74 Å². The predicted octanol–water partition coefficient (Wildman–Crippen LogP) is 4.60. The van der Waals surface area contributed by atoms with Crippen molar-refractivity contribution in [1.29, 1.82) is 0 Å². The number of ether oxygens (including phenoxy) is 1. The highest BCUT2D eigenvalue weighted by Gasteiger charge is 2.26. The van der Waals surface area contributed by atoms with Crippen LogP contribution in [0.5, 0.6) is 5.75 Å². The lowest BCUT2D eigenvalue weighted by Gasteiger charge is -2.32. The minimum atomic E-state index is 0.0756. The lowest BCUT2D eigenvalue weighted by atomic mass is 9.96. The van der Waals surface area contributed by atoms with Crippen molar-refractivity contribution in [2.45, 2.75) is 40.2 Å². The van der Waals surface area contributed by atoms with Crippen LogP contribution in [0.1, 0.15) is 41.3 Å². The Morgan fingerprint density at radius 2 is 1.86 bits per heavy atom. The maximum absolute atomic E-state index is 13.0. The molecule has 5 nitrogen and oxygen atoms in total. The van der Waals surface area contributed by atoms with Crippen molar-refractivity contribution < 1.29 is 9.53 Å². The first-order valence-electron chi connectivity index (χ1n) is 10.5. The first-order chi connectivity index (χ1) is 14.1. The number of nitrogens with zero attached hydrogens (tertiary/aromatic N) is 3. The fraction of sp³-hybridized carbons (Fsp3) is 0.417. The van der Waals surface area contributed by atoms with E-state index in [2.05, 4.69) is 35.5 Å². The van der Waals surface area contributed by atoms with Gasteiger partial charge in [0.1, 0.15) is 5.75 Å². The average molecular weight is 392 g/mol. The number of fused-ring (bicyclic) bond motifs is 1. The van der Waals surface area contributed by atoms with Gasteiger partial charge in [-0.3, -0.25) is 4.79 Å². The van der Waals surface area contributed by atoms with Gasteiger partial charge < -0.3 is 14.2 Å². The van der Waals surface area contributed by atoms with Crippen molar-refractivity contribution in [2.24, 2.45) is 5.92 Å². The molecule has 0 N–H and O–H groups in total. The van der Waals surface area contributed by atoms with Gasteiger partial charge in [-0.1, -0.05) is 12.1 Å². The van der Waals surface area contributed by atoms with Crippen LogP contribution in [-0.4, -0.2) is 40.1 Å². The molecular weight excluding hydrogens is 362 g/mol. The summed E-state index contributed by atoms with van der Waals surface area (Å²) in [6.07, 6.45) is 3.97. The molecule has 0 atom stereocenters. The second-order valence-corrected chi connectivity index (χ2v) is 7.99. The third kappa shape index (κ3) is 4.00. The van der Waals surface area contributed by atoms with E-state index >= 15 is 0 Å². The quantitative estimate of drug-likeness (QED) is 0.638. The predicted molar refractivity (Wildman–Crippen MR) is 115 cm³/mol. The van der Waals surface area contributed by atoms with E-state index in [1.54, 1.807) is 0 Å². The van der Waals surface area contributed by atoms with Crippen molar-refractivity contribution in [3.05, 3.63) is 59.4 Å². The van der Waals surface area contributed by atoms with E-state index in [-0.39, 0.29) is 5.91 Å². The van der Waals surface area contributed by atoms with Crippen LogP contribution in [0.3, 0.4) is 0 Å². The molecule has 3 aromatic rings. The highest BCUT2D eigenvalue weighted by Crippen LogP contribution is 2.26. The lowest BCUT2D eigenvalue weighted by molar-refractivity contribution is 0.0679. The summed E-state index contributed by atoms with van der Waals surface area (Å²) < 4.78 is 7.91. The normalized spacial score (nSPS) is 15.1. The molecule has 1 saturated heterocycles. The van der Waals surface area contributed by atoms with E-state index < -0.39 is 0 Å². The molecule has 29 heavy (non-hydrogen) atoms. The number of imidazole rings is 1. The van der Waals surface area contributed by atoms with Gasteiger partial charge in [0.25, 0.3) is 5.91 Å². The van der Waals surface area contributed by atoms with Crippen LogP contribution in [0.4, 0.5) is 0 Å². The van der Waals surface area contributed by atoms with E-state index in [0.29, 0.717) is 23.8 Å². The summed E-state index contributed by atoms with van der Waals surface area (Å²) in [6.45, 7) is 9.31. The summed E-state index contributed by atoms with van der Waals surface area (Å²) in [5.74, 6) is 1.31.